The van der Waals surface area contributed by atoms with Gasteiger partial charge in [0.2, 0.25) is 0 Å². The number of hydrogen-bond acceptors (Lipinski definition) is 6. The summed E-state index contributed by atoms with van der Waals surface area (Å²) >= 11 is -2.71. The molecular formula is C5H5N2O4S-. The van der Waals surface area contributed by atoms with Crippen LogP contribution in [-0.4, -0.2) is 26.4 Å². The standard InChI is InChI=1S/C5H6N2O4S/c1-4(2-8)6-7-5(3-9)12(10)11/h2-3,6H,1H2,(H,10,11)/p-1. The van der Waals surface area contributed by atoms with Gasteiger partial charge in [0.05, 0.1) is 5.70 Å². The molecule has 0 amide bonds. The number of aldehydes is 2. The largest absolute Gasteiger partial charge is 0.767 e. The fourth-order valence-electron chi connectivity index (χ4n) is 0.256. The molecule has 0 spiro atoms. The highest BCUT2D eigenvalue weighted by molar-refractivity contribution is 7.97. The third kappa shape index (κ3) is 3.74. The zero-order valence-electron chi connectivity index (χ0n) is 5.85. The van der Waals surface area contributed by atoms with Crippen molar-refractivity contribution in [1.82, 2.24) is 5.43 Å². The fourth-order valence-corrected chi connectivity index (χ4v) is 0.455. The third-order valence-corrected chi connectivity index (χ3v) is 1.25. The number of rotatable bonds is 4. The van der Waals surface area contributed by atoms with Gasteiger partial charge in [-0.25, -0.2) is 0 Å². The molecule has 1 atom stereocenters. The van der Waals surface area contributed by atoms with Crippen LogP contribution in [0.4, 0.5) is 0 Å². The Labute approximate surface area is 70.6 Å². The van der Waals surface area contributed by atoms with E-state index in [2.05, 4.69) is 11.7 Å². The van der Waals surface area contributed by atoms with Gasteiger partial charge < -0.3 is 4.55 Å². The number of allylic oxidation sites excluding steroid dienone is 1. The van der Waals surface area contributed by atoms with Gasteiger partial charge in [-0.1, -0.05) is 6.58 Å². The van der Waals surface area contributed by atoms with E-state index in [4.69, 9.17) is 0 Å². The van der Waals surface area contributed by atoms with E-state index in [1.807, 2.05) is 5.43 Å². The first kappa shape index (κ1) is 10.7. The molecule has 1 unspecified atom stereocenters. The molecule has 0 bridgehead atoms. The molecule has 0 aliphatic carbocycles. The van der Waals surface area contributed by atoms with Crippen LogP contribution in [0, 0.1) is 0 Å². The van der Waals surface area contributed by atoms with Crippen molar-refractivity contribution in [2.75, 3.05) is 0 Å². The van der Waals surface area contributed by atoms with Crippen LogP contribution in [0.2, 0.25) is 0 Å². The lowest BCUT2D eigenvalue weighted by atomic mass is 10.6. The monoisotopic (exact) mass is 189 g/mol. The smallest absolute Gasteiger partial charge is 0.178 e. The van der Waals surface area contributed by atoms with Crippen molar-refractivity contribution < 1.29 is 18.4 Å². The lowest BCUT2D eigenvalue weighted by molar-refractivity contribution is -0.105. The highest BCUT2D eigenvalue weighted by atomic mass is 32.2. The molecule has 0 saturated heterocycles. The van der Waals surface area contributed by atoms with Crippen LogP contribution in [0.15, 0.2) is 17.4 Å². The van der Waals surface area contributed by atoms with Crippen molar-refractivity contribution in [2.45, 2.75) is 0 Å². The molecule has 0 aliphatic rings. The fraction of sp³-hybridized carbons (Fsp3) is 0. The van der Waals surface area contributed by atoms with Crippen molar-refractivity contribution in [3.63, 3.8) is 0 Å². The van der Waals surface area contributed by atoms with Gasteiger partial charge in [-0.15, -0.1) is 0 Å². The van der Waals surface area contributed by atoms with Gasteiger partial charge in [-0.2, -0.15) is 5.10 Å². The maximum absolute atomic E-state index is 10.1. The minimum Gasteiger partial charge on any atom is -0.767 e. The number of carbonyl (C=O) groups is 2. The van der Waals surface area contributed by atoms with Crippen LogP contribution in [0.25, 0.3) is 0 Å². The molecule has 0 fully saturated rings. The minimum atomic E-state index is -2.71. The molecule has 0 heterocycles. The molecule has 0 aliphatic heterocycles. The molecule has 0 aromatic rings. The average molecular weight is 189 g/mol. The number of hydrogen-bond donors (Lipinski definition) is 1. The van der Waals surface area contributed by atoms with Crippen LogP contribution in [0.5, 0.6) is 0 Å². The maximum Gasteiger partial charge on any atom is 0.178 e. The normalized spacial score (nSPS) is 13.2. The highest BCUT2D eigenvalue weighted by Gasteiger charge is 1.96. The van der Waals surface area contributed by atoms with E-state index < -0.39 is 16.1 Å². The second-order valence-corrected chi connectivity index (χ2v) is 2.45. The molecule has 12 heavy (non-hydrogen) atoms. The topological polar surface area (TPSA) is 98.7 Å². The van der Waals surface area contributed by atoms with Gasteiger partial charge in [0.25, 0.3) is 0 Å². The quantitative estimate of drug-likeness (QED) is 0.148. The summed E-state index contributed by atoms with van der Waals surface area (Å²) in [5, 5.41) is 2.34. The van der Waals surface area contributed by atoms with E-state index in [-0.39, 0.29) is 12.0 Å². The van der Waals surface area contributed by atoms with E-state index in [1.165, 1.54) is 0 Å². The molecule has 0 aromatic carbocycles. The molecule has 0 aromatic heterocycles. The third-order valence-electron chi connectivity index (χ3n) is 0.724. The van der Waals surface area contributed by atoms with Gasteiger partial charge >= 0.3 is 0 Å². The minimum absolute atomic E-state index is 0.0359. The predicted octanol–water partition coefficient (Wildman–Crippen LogP) is -1.32. The van der Waals surface area contributed by atoms with Gasteiger partial charge in [0, 0.05) is 11.1 Å². The Morgan fingerprint density at radius 3 is 2.42 bits per heavy atom. The molecular weight excluding hydrogens is 184 g/mol. The van der Waals surface area contributed by atoms with Gasteiger partial charge in [-0.3, -0.25) is 19.2 Å². The summed E-state index contributed by atoms with van der Waals surface area (Å²) in [6, 6.07) is 0. The molecule has 66 valence electrons. The highest BCUT2D eigenvalue weighted by Crippen LogP contribution is 1.81. The predicted molar refractivity (Wildman–Crippen MR) is 40.8 cm³/mol. The Balaban J connectivity index is 4.31. The number of nitrogens with one attached hydrogen (secondary N) is 1. The first-order chi connectivity index (χ1) is 5.61. The van der Waals surface area contributed by atoms with Crippen molar-refractivity contribution >= 4 is 28.7 Å². The van der Waals surface area contributed by atoms with Crippen molar-refractivity contribution in [3.05, 3.63) is 12.3 Å². The molecule has 7 heteroatoms. The van der Waals surface area contributed by atoms with E-state index in [0.29, 0.717) is 6.29 Å². The van der Waals surface area contributed by atoms with Crippen molar-refractivity contribution in [1.29, 1.82) is 0 Å². The average Bonchev–Trinajstić information content (AvgIpc) is 2.04. The Morgan fingerprint density at radius 1 is 1.50 bits per heavy atom. The Kier molecular flexibility index (Phi) is 4.73. The van der Waals surface area contributed by atoms with Gasteiger partial charge in [-0.05, 0) is 0 Å². The summed E-state index contributed by atoms with van der Waals surface area (Å²) < 4.78 is 20.2. The first-order valence-corrected chi connectivity index (χ1v) is 3.71. The first-order valence-electron chi connectivity index (χ1n) is 2.64. The van der Waals surface area contributed by atoms with E-state index in [1.54, 1.807) is 0 Å². The molecule has 1 N–H and O–H groups in total. The Morgan fingerprint density at radius 2 is 2.08 bits per heavy atom. The number of hydrazone groups is 1. The summed E-state index contributed by atoms with van der Waals surface area (Å²) in [6.45, 7) is 3.14. The van der Waals surface area contributed by atoms with Crippen LogP contribution < -0.4 is 5.43 Å². The van der Waals surface area contributed by atoms with Crippen LogP contribution >= 0.6 is 0 Å². The SMILES string of the molecule is C=C(C=O)NN=C(C=O)S(=O)[O-]. The molecule has 0 saturated carbocycles. The van der Waals surface area contributed by atoms with Crippen molar-refractivity contribution in [2.24, 2.45) is 5.10 Å². The molecule has 0 radical (unpaired) electrons. The molecule has 6 nitrogen and oxygen atoms in total. The van der Waals surface area contributed by atoms with E-state index >= 15 is 0 Å². The Hall–Kier alpha value is -1.34. The second kappa shape index (κ2) is 5.33. The van der Waals surface area contributed by atoms with Crippen LogP contribution in [0.1, 0.15) is 0 Å². The Bertz CT molecular complexity index is 260. The molecule has 0 rings (SSSR count). The summed E-state index contributed by atoms with van der Waals surface area (Å²) in [5.41, 5.74) is 1.83. The van der Waals surface area contributed by atoms with Gasteiger partial charge in [0.15, 0.2) is 17.6 Å². The zero-order chi connectivity index (χ0) is 9.56. The zero-order valence-corrected chi connectivity index (χ0v) is 6.67. The summed E-state index contributed by atoms with van der Waals surface area (Å²) in [5.74, 6) is 0. The summed E-state index contributed by atoms with van der Waals surface area (Å²) in [7, 11) is 0. The summed E-state index contributed by atoms with van der Waals surface area (Å²) in [6.07, 6.45) is 0.369. The van der Waals surface area contributed by atoms with Gasteiger partial charge in [0.1, 0.15) is 0 Å². The number of nitrogens with zero attached hydrogens (tertiary/aromatic N) is 1. The van der Waals surface area contributed by atoms with Crippen molar-refractivity contribution in [3.8, 4) is 0 Å². The number of carbonyl (C=O) groups excluding carboxylic acids is 2. The second-order valence-electron chi connectivity index (χ2n) is 1.56. The lowest BCUT2D eigenvalue weighted by Gasteiger charge is -2.02. The van der Waals surface area contributed by atoms with E-state index in [9.17, 15) is 18.4 Å². The maximum atomic E-state index is 10.1. The lowest BCUT2D eigenvalue weighted by Crippen LogP contribution is -2.15. The van der Waals surface area contributed by atoms with E-state index in [0.717, 1.165) is 0 Å². The van der Waals surface area contributed by atoms with Crippen LogP contribution in [-0.2, 0) is 20.7 Å². The summed E-state index contributed by atoms with van der Waals surface area (Å²) in [4.78, 5) is 19.9. The van der Waals surface area contributed by atoms with Crippen LogP contribution in [0.3, 0.4) is 0 Å².